The first-order chi connectivity index (χ1) is 15.0. The van der Waals surface area contributed by atoms with Crippen LogP contribution in [-0.2, 0) is 11.3 Å². The van der Waals surface area contributed by atoms with E-state index in [9.17, 15) is 4.79 Å². The molecule has 1 atom stereocenters. The van der Waals surface area contributed by atoms with E-state index in [0.29, 0.717) is 23.7 Å². The number of nitrogens with zero attached hydrogens (tertiary/aromatic N) is 3. The number of piperidine rings is 1. The van der Waals surface area contributed by atoms with Crippen molar-refractivity contribution in [3.8, 4) is 0 Å². The normalized spacial score (nSPS) is 17.6. The van der Waals surface area contributed by atoms with E-state index in [0.717, 1.165) is 56.6 Å². The number of aromatic nitrogens is 2. The van der Waals surface area contributed by atoms with Gasteiger partial charge in [0.15, 0.2) is 0 Å². The maximum atomic E-state index is 13.0. The second-order valence-corrected chi connectivity index (χ2v) is 9.85. The summed E-state index contributed by atoms with van der Waals surface area (Å²) in [6, 6.07) is 0. The zero-order chi connectivity index (χ0) is 22.2. The number of rotatable bonds is 11. The quantitative estimate of drug-likeness (QED) is 0.586. The average Bonchev–Trinajstić information content (AvgIpc) is 3.09. The van der Waals surface area contributed by atoms with Crippen LogP contribution in [0.1, 0.15) is 84.4 Å². The molecule has 0 aromatic carbocycles. The summed E-state index contributed by atoms with van der Waals surface area (Å²) in [5.74, 6) is 3.32. The molecule has 0 saturated carbocycles. The van der Waals surface area contributed by atoms with Crippen molar-refractivity contribution >= 4 is 18.2 Å². The molecule has 3 rings (SSSR count). The minimum Gasteiger partial charge on any atom is -0.386 e. The van der Waals surface area contributed by atoms with Crippen molar-refractivity contribution in [1.29, 1.82) is 0 Å². The topological polar surface area (TPSA) is 50.2 Å². The van der Waals surface area contributed by atoms with E-state index in [-0.39, 0.29) is 0 Å². The maximum Gasteiger partial charge on any atom is 0.222 e. The van der Waals surface area contributed by atoms with Gasteiger partial charge in [0.1, 0.15) is 11.2 Å². The Kier molecular flexibility index (Phi) is 9.03. The molecule has 174 valence electrons. The van der Waals surface area contributed by atoms with Crippen LogP contribution < -0.4 is 16.0 Å². The molecule has 5 heteroatoms. The molecule has 1 N–H and O–H groups in total. The molecule has 2 aliphatic rings. The summed E-state index contributed by atoms with van der Waals surface area (Å²) in [5.41, 5.74) is 0. The van der Waals surface area contributed by atoms with E-state index in [1.54, 1.807) is 0 Å². The Morgan fingerprint density at radius 1 is 1.19 bits per heavy atom. The molecule has 0 aliphatic carbocycles. The van der Waals surface area contributed by atoms with Crippen LogP contribution in [0.3, 0.4) is 0 Å². The lowest BCUT2D eigenvalue weighted by Crippen LogP contribution is -2.42. The first-order valence-corrected chi connectivity index (χ1v) is 12.8. The monoisotopic (exact) mass is 428 g/mol. The lowest BCUT2D eigenvalue weighted by Gasteiger charge is -2.34. The Morgan fingerprint density at radius 3 is 2.52 bits per heavy atom. The third-order valence-corrected chi connectivity index (χ3v) is 7.44. The highest BCUT2D eigenvalue weighted by molar-refractivity contribution is 5.76. The van der Waals surface area contributed by atoms with E-state index in [1.807, 2.05) is 6.20 Å². The van der Waals surface area contributed by atoms with Crippen LogP contribution in [0.15, 0.2) is 0 Å². The van der Waals surface area contributed by atoms with Crippen molar-refractivity contribution in [2.24, 2.45) is 17.8 Å². The largest absolute Gasteiger partial charge is 0.386 e. The number of carbonyl (C=O) groups excluding carboxylic acids is 1. The van der Waals surface area contributed by atoms with E-state index in [1.165, 1.54) is 43.9 Å². The smallest absolute Gasteiger partial charge is 0.222 e. The number of carbonyl (C=O) groups is 1. The molecule has 0 spiro atoms. The molecule has 1 aromatic rings. The molecule has 1 unspecified atom stereocenters. The van der Waals surface area contributed by atoms with E-state index < -0.39 is 0 Å². The van der Waals surface area contributed by atoms with Crippen LogP contribution in [0.5, 0.6) is 0 Å². The van der Waals surface area contributed by atoms with E-state index in [2.05, 4.69) is 48.6 Å². The fraction of sp³-hybridized carbons (Fsp3) is 0.769. The summed E-state index contributed by atoms with van der Waals surface area (Å²) in [7, 11) is 0. The van der Waals surface area contributed by atoms with Crippen LogP contribution in [-0.4, -0.2) is 40.0 Å². The maximum absolute atomic E-state index is 13.0. The molecular formula is C26H44N4O. The number of fused-ring (bicyclic) bond motifs is 1. The van der Waals surface area contributed by atoms with Crippen LogP contribution >= 0.6 is 0 Å². The van der Waals surface area contributed by atoms with Crippen molar-refractivity contribution in [1.82, 2.24) is 19.8 Å². The molecule has 31 heavy (non-hydrogen) atoms. The summed E-state index contributed by atoms with van der Waals surface area (Å²) in [5, 5.41) is 5.57. The molecule has 1 aromatic heterocycles. The molecule has 5 nitrogen and oxygen atoms in total. The Morgan fingerprint density at radius 2 is 1.87 bits per heavy atom. The molecule has 0 bridgehead atoms. The van der Waals surface area contributed by atoms with Crippen molar-refractivity contribution in [2.75, 3.05) is 19.6 Å². The minimum absolute atomic E-state index is 0.383. The number of likely N-dealkylation sites (tertiary alicyclic amines) is 1. The van der Waals surface area contributed by atoms with Gasteiger partial charge in [0.2, 0.25) is 5.91 Å². The Bertz CT molecular complexity index is 811. The Labute approximate surface area is 189 Å². The fourth-order valence-corrected chi connectivity index (χ4v) is 5.31. The summed E-state index contributed by atoms with van der Waals surface area (Å²) >= 11 is 0. The molecule has 1 saturated heterocycles. The zero-order valence-electron chi connectivity index (χ0n) is 20.3. The van der Waals surface area contributed by atoms with Crippen molar-refractivity contribution < 1.29 is 4.79 Å². The predicted molar refractivity (Wildman–Crippen MR) is 129 cm³/mol. The number of unbranched alkanes of at least 4 members (excludes halogenated alkanes) is 2. The highest BCUT2D eigenvalue weighted by Gasteiger charge is 2.26. The van der Waals surface area contributed by atoms with Gasteiger partial charge in [-0.15, -0.1) is 0 Å². The SMILES string of the molecule is CCCCC(CCCC)C(C)CC(=O)N1CCC(Cn2c(C)nc3c2=CCNC=3)CC1. The van der Waals surface area contributed by atoms with Crippen LogP contribution in [0.25, 0.3) is 12.3 Å². The molecule has 1 fully saturated rings. The average molecular weight is 429 g/mol. The van der Waals surface area contributed by atoms with Crippen molar-refractivity contribution in [3.05, 3.63) is 16.5 Å². The van der Waals surface area contributed by atoms with Gasteiger partial charge in [0.25, 0.3) is 0 Å². The number of hydrogen-bond acceptors (Lipinski definition) is 3. The zero-order valence-corrected chi connectivity index (χ0v) is 20.3. The van der Waals surface area contributed by atoms with Crippen LogP contribution in [0, 0.1) is 24.7 Å². The lowest BCUT2D eigenvalue weighted by molar-refractivity contribution is -0.134. The van der Waals surface area contributed by atoms with Gasteiger partial charge in [-0.2, -0.15) is 0 Å². The summed E-state index contributed by atoms with van der Waals surface area (Å²) < 4.78 is 2.38. The van der Waals surface area contributed by atoms with Gasteiger partial charge in [-0.25, -0.2) is 4.98 Å². The molecule has 3 heterocycles. The third-order valence-electron chi connectivity index (χ3n) is 7.44. The third kappa shape index (κ3) is 6.36. The summed E-state index contributed by atoms with van der Waals surface area (Å²) in [4.78, 5) is 19.9. The Hall–Kier alpha value is -1.78. The van der Waals surface area contributed by atoms with Gasteiger partial charge in [-0.1, -0.05) is 59.3 Å². The first kappa shape index (κ1) is 23.9. The van der Waals surface area contributed by atoms with Crippen LogP contribution in [0.4, 0.5) is 0 Å². The first-order valence-electron chi connectivity index (χ1n) is 12.8. The standard InChI is InChI=1S/C26H44N4O/c1-5-7-9-23(10-8-6-2)20(3)17-26(31)29-15-12-22(13-16-29)19-30-21(4)28-24-18-27-14-11-25(24)30/h11,18,20,22-23,27H,5-10,12-17,19H2,1-4H3. The molecular weight excluding hydrogens is 384 g/mol. The van der Waals surface area contributed by atoms with Gasteiger partial charge in [0, 0.05) is 38.8 Å². The Balaban J connectivity index is 1.50. The van der Waals surface area contributed by atoms with Gasteiger partial charge < -0.3 is 14.8 Å². The number of aryl methyl sites for hydroxylation is 1. The van der Waals surface area contributed by atoms with Crippen LogP contribution in [0.2, 0.25) is 0 Å². The fourth-order valence-electron chi connectivity index (χ4n) is 5.31. The van der Waals surface area contributed by atoms with Gasteiger partial charge in [-0.05, 0) is 43.6 Å². The molecule has 0 radical (unpaired) electrons. The highest BCUT2D eigenvalue weighted by atomic mass is 16.2. The minimum atomic E-state index is 0.383. The second kappa shape index (κ2) is 11.7. The molecule has 1 amide bonds. The van der Waals surface area contributed by atoms with Gasteiger partial charge >= 0.3 is 0 Å². The van der Waals surface area contributed by atoms with E-state index in [4.69, 9.17) is 4.98 Å². The highest BCUT2D eigenvalue weighted by Crippen LogP contribution is 2.28. The number of hydrogen-bond donors (Lipinski definition) is 1. The summed E-state index contributed by atoms with van der Waals surface area (Å²) in [6.07, 6.45) is 14.9. The van der Waals surface area contributed by atoms with Crippen molar-refractivity contribution in [2.45, 2.75) is 92.0 Å². The lowest BCUT2D eigenvalue weighted by atomic mass is 9.83. The number of nitrogens with one attached hydrogen (secondary N) is 1. The second-order valence-electron chi connectivity index (χ2n) is 9.85. The summed E-state index contributed by atoms with van der Waals surface area (Å²) in [6.45, 7) is 12.7. The van der Waals surface area contributed by atoms with E-state index >= 15 is 0 Å². The van der Waals surface area contributed by atoms with Gasteiger partial charge in [0.05, 0.1) is 5.35 Å². The number of imidazole rings is 1. The number of amides is 1. The van der Waals surface area contributed by atoms with Crippen molar-refractivity contribution in [3.63, 3.8) is 0 Å². The van der Waals surface area contributed by atoms with Gasteiger partial charge in [-0.3, -0.25) is 4.79 Å². The molecule has 2 aliphatic heterocycles. The predicted octanol–water partition coefficient (Wildman–Crippen LogP) is 3.57.